The number of furan rings is 1. The number of cyclic esters (lactones) is 1. The topological polar surface area (TPSA) is 99.9 Å². The molecule has 4 aliphatic rings. The monoisotopic (exact) mass is 426 g/mol. The van der Waals surface area contributed by atoms with Gasteiger partial charge in [0.15, 0.2) is 5.76 Å². The Hall–Kier alpha value is -2.70. The number of hydrogen-bond donors (Lipinski definition) is 0. The lowest BCUT2D eigenvalue weighted by Gasteiger charge is -2.55. The molecule has 5 atom stereocenters. The summed E-state index contributed by atoms with van der Waals surface area (Å²) in [5.41, 5.74) is -0.529. The van der Waals surface area contributed by atoms with E-state index in [-0.39, 0.29) is 22.9 Å². The van der Waals surface area contributed by atoms with Gasteiger partial charge in [-0.1, -0.05) is 20.8 Å². The zero-order valence-electron chi connectivity index (χ0n) is 18.4. The zero-order valence-corrected chi connectivity index (χ0v) is 18.4. The molecule has 0 N–H and O–H groups in total. The summed E-state index contributed by atoms with van der Waals surface area (Å²) >= 11 is 0. The van der Waals surface area contributed by atoms with Crippen LogP contribution < -0.4 is 0 Å². The quantitative estimate of drug-likeness (QED) is 0.665. The van der Waals surface area contributed by atoms with Crippen molar-refractivity contribution in [1.29, 1.82) is 0 Å². The molecule has 0 amide bonds. The van der Waals surface area contributed by atoms with Crippen molar-refractivity contribution in [2.45, 2.75) is 77.9 Å². The molecule has 2 heterocycles. The van der Waals surface area contributed by atoms with Crippen molar-refractivity contribution < 1.29 is 33.1 Å². The van der Waals surface area contributed by atoms with E-state index in [9.17, 15) is 19.2 Å². The number of allylic oxidation sites excluding steroid dienone is 1. The Bertz CT molecular complexity index is 1110. The van der Waals surface area contributed by atoms with Gasteiger partial charge in [-0.15, -0.1) is 0 Å². The molecule has 5 rings (SSSR count). The van der Waals surface area contributed by atoms with Crippen LogP contribution in [0.3, 0.4) is 0 Å². The molecule has 0 saturated heterocycles. The first-order valence-electron chi connectivity index (χ1n) is 10.8. The molecule has 7 heteroatoms. The second-order valence-corrected chi connectivity index (χ2v) is 9.87. The summed E-state index contributed by atoms with van der Waals surface area (Å²) in [6, 6.07) is 0. The molecule has 1 aliphatic heterocycles. The molecular weight excluding hydrogens is 400 g/mol. The van der Waals surface area contributed by atoms with Crippen molar-refractivity contribution in [2.75, 3.05) is 0 Å². The van der Waals surface area contributed by atoms with Gasteiger partial charge in [0.25, 0.3) is 0 Å². The standard InChI is InChI=1S/C24H26O7/c1-6-15-24(5)16-12(21(28)31-15)10-29-20(16)19(27)18-17(24)13(30-11(2)25)9-23(4)14(26)7-8-22(18,23)3/h10,13,15H,6-9H2,1-5H3/t13-,15-,22+,23-,24+/m1/s1. The molecule has 0 unspecified atom stereocenters. The van der Waals surface area contributed by atoms with Gasteiger partial charge in [0.2, 0.25) is 5.78 Å². The second kappa shape index (κ2) is 5.96. The molecule has 0 radical (unpaired) electrons. The predicted molar refractivity (Wildman–Crippen MR) is 108 cm³/mol. The van der Waals surface area contributed by atoms with E-state index in [1.54, 1.807) is 0 Å². The van der Waals surface area contributed by atoms with E-state index in [1.807, 2.05) is 27.7 Å². The molecule has 1 aromatic rings. The number of Topliss-reactive ketones (excluding diaryl/α,β-unsaturated/α-hetero) is 2. The van der Waals surface area contributed by atoms with Crippen LogP contribution in [-0.4, -0.2) is 35.7 Å². The Kier molecular flexibility index (Phi) is 3.89. The van der Waals surface area contributed by atoms with Gasteiger partial charge in [0.1, 0.15) is 29.8 Å². The summed E-state index contributed by atoms with van der Waals surface area (Å²) in [4.78, 5) is 51.6. The molecule has 164 valence electrons. The fourth-order valence-electron chi connectivity index (χ4n) is 6.74. The lowest BCUT2D eigenvalue weighted by molar-refractivity contribution is -0.150. The van der Waals surface area contributed by atoms with Crippen LogP contribution in [0, 0.1) is 10.8 Å². The summed E-state index contributed by atoms with van der Waals surface area (Å²) in [5.74, 6) is -1.11. The van der Waals surface area contributed by atoms with E-state index in [4.69, 9.17) is 13.9 Å². The van der Waals surface area contributed by atoms with Crippen LogP contribution in [0.1, 0.15) is 86.8 Å². The van der Waals surface area contributed by atoms with Crippen molar-refractivity contribution in [3.8, 4) is 0 Å². The van der Waals surface area contributed by atoms with Gasteiger partial charge in [-0.2, -0.15) is 0 Å². The van der Waals surface area contributed by atoms with Crippen molar-refractivity contribution in [3.63, 3.8) is 0 Å². The van der Waals surface area contributed by atoms with Crippen molar-refractivity contribution >= 4 is 23.5 Å². The minimum atomic E-state index is -0.889. The van der Waals surface area contributed by atoms with E-state index in [2.05, 4.69) is 0 Å². The maximum atomic E-state index is 13.9. The van der Waals surface area contributed by atoms with Gasteiger partial charge in [-0.25, -0.2) is 4.79 Å². The first-order valence-corrected chi connectivity index (χ1v) is 10.8. The Morgan fingerprint density at radius 2 is 1.90 bits per heavy atom. The SMILES string of the molecule is CC[C@H]1OC(=O)c2coc3c2[C@@]1(C)C1=C(C3=O)[C@]2(C)CCC(=O)[C@@]2(C)C[C@H]1OC(C)=O. The fourth-order valence-corrected chi connectivity index (χ4v) is 6.74. The van der Waals surface area contributed by atoms with E-state index in [1.165, 1.54) is 13.2 Å². The minimum absolute atomic E-state index is 0.0738. The van der Waals surface area contributed by atoms with Crippen LogP contribution in [0.2, 0.25) is 0 Å². The number of ketones is 2. The Morgan fingerprint density at radius 3 is 2.55 bits per heavy atom. The maximum absolute atomic E-state index is 13.9. The maximum Gasteiger partial charge on any atom is 0.342 e. The molecule has 1 fully saturated rings. The molecule has 1 aromatic heterocycles. The first kappa shape index (κ1) is 20.2. The van der Waals surface area contributed by atoms with Crippen LogP contribution in [0.15, 0.2) is 21.8 Å². The molecule has 3 aliphatic carbocycles. The van der Waals surface area contributed by atoms with Crippen molar-refractivity contribution in [3.05, 3.63) is 34.3 Å². The van der Waals surface area contributed by atoms with Gasteiger partial charge in [-0.3, -0.25) is 14.4 Å². The molecule has 0 bridgehead atoms. The van der Waals surface area contributed by atoms with E-state index < -0.39 is 40.4 Å². The van der Waals surface area contributed by atoms with Crippen LogP contribution in [0.25, 0.3) is 0 Å². The van der Waals surface area contributed by atoms with Crippen LogP contribution in [-0.2, 0) is 24.5 Å². The number of hydrogen-bond acceptors (Lipinski definition) is 7. The van der Waals surface area contributed by atoms with E-state index >= 15 is 0 Å². The molecule has 7 nitrogen and oxygen atoms in total. The highest BCUT2D eigenvalue weighted by molar-refractivity contribution is 6.15. The normalized spacial score (nSPS) is 38.4. The molecule has 31 heavy (non-hydrogen) atoms. The Morgan fingerprint density at radius 1 is 1.19 bits per heavy atom. The molecule has 0 aromatic carbocycles. The number of fused-ring (bicyclic) bond motifs is 3. The molecule has 0 spiro atoms. The summed E-state index contributed by atoms with van der Waals surface area (Å²) < 4.78 is 17.2. The Balaban J connectivity index is 1.88. The highest BCUT2D eigenvalue weighted by Crippen LogP contribution is 2.66. The van der Waals surface area contributed by atoms with Crippen molar-refractivity contribution in [1.82, 2.24) is 0 Å². The first-order chi connectivity index (χ1) is 14.5. The average Bonchev–Trinajstić information content (AvgIpc) is 3.25. The third-order valence-corrected chi connectivity index (χ3v) is 8.52. The lowest BCUT2D eigenvalue weighted by atomic mass is 9.49. The number of carbonyl (C=O) groups is 4. The number of esters is 2. The average molecular weight is 426 g/mol. The highest BCUT2D eigenvalue weighted by Gasteiger charge is 2.68. The third kappa shape index (κ3) is 2.14. The molecule has 1 saturated carbocycles. The van der Waals surface area contributed by atoms with Gasteiger partial charge >= 0.3 is 11.9 Å². The lowest BCUT2D eigenvalue weighted by Crippen LogP contribution is -2.58. The zero-order chi connectivity index (χ0) is 22.5. The minimum Gasteiger partial charge on any atom is -0.460 e. The summed E-state index contributed by atoms with van der Waals surface area (Å²) in [6.45, 7) is 9.01. The van der Waals surface area contributed by atoms with Crippen LogP contribution in [0.5, 0.6) is 0 Å². The second-order valence-electron chi connectivity index (χ2n) is 9.87. The van der Waals surface area contributed by atoms with Gasteiger partial charge in [-0.05, 0) is 25.3 Å². The summed E-state index contributed by atoms with van der Waals surface area (Å²) in [6.07, 6.45) is 1.69. The van der Waals surface area contributed by atoms with Crippen LogP contribution in [0.4, 0.5) is 0 Å². The largest absolute Gasteiger partial charge is 0.460 e. The number of ether oxygens (including phenoxy) is 2. The third-order valence-electron chi connectivity index (χ3n) is 8.52. The Labute approximate surface area is 180 Å². The van der Waals surface area contributed by atoms with E-state index in [0.717, 1.165) is 0 Å². The van der Waals surface area contributed by atoms with E-state index in [0.29, 0.717) is 42.4 Å². The van der Waals surface area contributed by atoms with Gasteiger partial charge in [0, 0.05) is 41.7 Å². The summed E-state index contributed by atoms with van der Waals surface area (Å²) in [7, 11) is 0. The fraction of sp³-hybridized carbons (Fsp3) is 0.583. The van der Waals surface area contributed by atoms with Crippen molar-refractivity contribution in [2.24, 2.45) is 10.8 Å². The van der Waals surface area contributed by atoms with Gasteiger partial charge < -0.3 is 13.9 Å². The summed E-state index contributed by atoms with van der Waals surface area (Å²) in [5, 5.41) is 0. The smallest absolute Gasteiger partial charge is 0.342 e. The number of carbonyl (C=O) groups excluding carboxylic acids is 4. The van der Waals surface area contributed by atoms with Crippen LogP contribution >= 0.6 is 0 Å². The predicted octanol–water partition coefficient (Wildman–Crippen LogP) is 3.69. The highest BCUT2D eigenvalue weighted by atomic mass is 16.6. The number of rotatable bonds is 2. The van der Waals surface area contributed by atoms with Gasteiger partial charge in [0.05, 0.1) is 5.41 Å². The molecular formula is C24H26O7.